The lowest BCUT2D eigenvalue weighted by molar-refractivity contribution is 0.210. The molecule has 9 nitrogen and oxygen atoms in total. The molecule has 0 fully saturated rings. The maximum atomic E-state index is 11.4. The first-order valence-electron chi connectivity index (χ1n) is 10.9. The Bertz CT molecular complexity index is 1360. The van der Waals surface area contributed by atoms with Gasteiger partial charge in [0.25, 0.3) is 0 Å². The van der Waals surface area contributed by atoms with Crippen molar-refractivity contribution >= 4 is 28.5 Å². The van der Waals surface area contributed by atoms with Crippen LogP contribution < -0.4 is 24.8 Å². The van der Waals surface area contributed by atoms with E-state index in [2.05, 4.69) is 20.6 Å². The van der Waals surface area contributed by atoms with Gasteiger partial charge >= 0.3 is 6.09 Å². The summed E-state index contributed by atoms with van der Waals surface area (Å²) in [5, 5.41) is 16.6. The molecule has 0 bridgehead atoms. The van der Waals surface area contributed by atoms with Crippen LogP contribution in [0.3, 0.4) is 0 Å². The third-order valence-electron chi connectivity index (χ3n) is 5.50. The van der Waals surface area contributed by atoms with Gasteiger partial charge in [-0.05, 0) is 59.8 Å². The first-order chi connectivity index (χ1) is 17.0. The van der Waals surface area contributed by atoms with Crippen molar-refractivity contribution in [2.75, 3.05) is 38.5 Å². The topological polar surface area (TPSA) is 115 Å². The van der Waals surface area contributed by atoms with E-state index in [0.717, 1.165) is 28.3 Å². The predicted octanol–water partition coefficient (Wildman–Crippen LogP) is 5.07. The fourth-order valence-corrected chi connectivity index (χ4v) is 3.79. The molecule has 1 heterocycles. The molecule has 0 spiro atoms. The number of rotatable bonds is 9. The van der Waals surface area contributed by atoms with Gasteiger partial charge in [0.1, 0.15) is 5.75 Å². The fourth-order valence-electron chi connectivity index (χ4n) is 3.79. The number of carboxylic acid groups (broad SMARTS) is 1. The van der Waals surface area contributed by atoms with Crippen LogP contribution >= 0.6 is 0 Å². The van der Waals surface area contributed by atoms with Gasteiger partial charge in [-0.1, -0.05) is 12.1 Å². The molecule has 0 aliphatic rings. The Morgan fingerprint density at radius 2 is 1.77 bits per heavy atom. The number of nitrogens with zero attached hydrogens (tertiary/aromatic N) is 2. The van der Waals surface area contributed by atoms with Crippen LogP contribution in [0.15, 0.2) is 60.8 Å². The molecule has 1 aromatic heterocycles. The number of fused-ring (bicyclic) bond motifs is 1. The molecule has 0 saturated heterocycles. The van der Waals surface area contributed by atoms with Gasteiger partial charge in [0.2, 0.25) is 5.95 Å². The van der Waals surface area contributed by atoms with Crippen molar-refractivity contribution in [3.63, 3.8) is 0 Å². The number of hydrogen-bond donors (Lipinski definition) is 3. The third-order valence-corrected chi connectivity index (χ3v) is 5.50. The van der Waals surface area contributed by atoms with Gasteiger partial charge in [-0.2, -0.15) is 0 Å². The Labute approximate surface area is 202 Å². The SMILES string of the molecule is COc1ccc2cc(-c3ccnc(NCCc4ccc(OC)c(OC)c4)n3)cc(NC(=O)O)c2c1. The Balaban J connectivity index is 1.55. The minimum Gasteiger partial charge on any atom is -0.497 e. The average molecular weight is 475 g/mol. The van der Waals surface area contributed by atoms with Crippen LogP contribution in [-0.2, 0) is 6.42 Å². The van der Waals surface area contributed by atoms with Gasteiger partial charge in [0, 0.05) is 23.7 Å². The molecule has 4 aromatic rings. The second-order valence-corrected chi connectivity index (χ2v) is 7.67. The summed E-state index contributed by atoms with van der Waals surface area (Å²) in [5.74, 6) is 2.49. The fraction of sp³-hybridized carbons (Fsp3) is 0.192. The predicted molar refractivity (Wildman–Crippen MR) is 135 cm³/mol. The molecule has 0 atom stereocenters. The zero-order valence-electron chi connectivity index (χ0n) is 19.7. The molecule has 180 valence electrons. The number of benzene rings is 3. The number of ether oxygens (including phenoxy) is 3. The number of hydrogen-bond acceptors (Lipinski definition) is 7. The first kappa shape index (κ1) is 23.6. The van der Waals surface area contributed by atoms with Crippen molar-refractivity contribution in [3.05, 3.63) is 66.4 Å². The highest BCUT2D eigenvalue weighted by Gasteiger charge is 2.11. The van der Waals surface area contributed by atoms with E-state index in [1.54, 1.807) is 45.7 Å². The van der Waals surface area contributed by atoms with Crippen molar-refractivity contribution < 1.29 is 24.1 Å². The molecule has 0 radical (unpaired) electrons. The second kappa shape index (κ2) is 10.6. The molecular weight excluding hydrogens is 448 g/mol. The van der Waals surface area contributed by atoms with Crippen LogP contribution in [0.5, 0.6) is 17.2 Å². The smallest absolute Gasteiger partial charge is 0.409 e. The number of methoxy groups -OCH3 is 3. The Morgan fingerprint density at radius 1 is 0.943 bits per heavy atom. The molecule has 3 N–H and O–H groups in total. The molecule has 0 unspecified atom stereocenters. The van der Waals surface area contributed by atoms with Crippen molar-refractivity contribution in [1.82, 2.24) is 9.97 Å². The number of aromatic nitrogens is 2. The van der Waals surface area contributed by atoms with E-state index in [0.29, 0.717) is 41.1 Å². The average Bonchev–Trinajstić information content (AvgIpc) is 2.88. The van der Waals surface area contributed by atoms with Crippen LogP contribution in [0.25, 0.3) is 22.0 Å². The van der Waals surface area contributed by atoms with Crippen molar-refractivity contribution in [2.45, 2.75) is 6.42 Å². The molecule has 3 aromatic carbocycles. The lowest BCUT2D eigenvalue weighted by atomic mass is 10.0. The number of nitrogens with one attached hydrogen (secondary N) is 2. The number of carbonyl (C=O) groups is 1. The maximum absolute atomic E-state index is 11.4. The van der Waals surface area contributed by atoms with Gasteiger partial charge in [-0.15, -0.1) is 0 Å². The molecule has 9 heteroatoms. The molecule has 0 aliphatic carbocycles. The normalized spacial score (nSPS) is 10.6. The summed E-state index contributed by atoms with van der Waals surface area (Å²) < 4.78 is 15.9. The molecule has 0 saturated carbocycles. The summed E-state index contributed by atoms with van der Waals surface area (Å²) in [5.41, 5.74) is 2.96. The summed E-state index contributed by atoms with van der Waals surface area (Å²) in [6.45, 7) is 0.613. The van der Waals surface area contributed by atoms with Gasteiger partial charge < -0.3 is 24.6 Å². The molecular formula is C26H26N4O5. The zero-order valence-corrected chi connectivity index (χ0v) is 19.7. The highest BCUT2D eigenvalue weighted by molar-refractivity contribution is 6.02. The van der Waals surface area contributed by atoms with Gasteiger partial charge in [0.15, 0.2) is 11.5 Å². The summed E-state index contributed by atoms with van der Waals surface area (Å²) in [6.07, 6.45) is 1.26. The molecule has 4 rings (SSSR count). The summed E-state index contributed by atoms with van der Waals surface area (Å²) in [6, 6.07) is 16.8. The van der Waals surface area contributed by atoms with Crippen LogP contribution in [0, 0.1) is 0 Å². The quantitative estimate of drug-likeness (QED) is 0.308. The Hall–Kier alpha value is -4.53. The minimum absolute atomic E-state index is 0.450. The van der Waals surface area contributed by atoms with Gasteiger partial charge in [0.05, 0.1) is 32.7 Å². The highest BCUT2D eigenvalue weighted by Crippen LogP contribution is 2.33. The number of anilines is 2. The monoisotopic (exact) mass is 474 g/mol. The van der Waals surface area contributed by atoms with E-state index in [1.165, 1.54) is 0 Å². The summed E-state index contributed by atoms with van der Waals surface area (Å²) in [4.78, 5) is 20.3. The first-order valence-corrected chi connectivity index (χ1v) is 10.9. The highest BCUT2D eigenvalue weighted by atomic mass is 16.5. The molecule has 0 aliphatic heterocycles. The van der Waals surface area contributed by atoms with Crippen molar-refractivity contribution in [1.29, 1.82) is 0 Å². The minimum atomic E-state index is -1.15. The van der Waals surface area contributed by atoms with E-state index >= 15 is 0 Å². The van der Waals surface area contributed by atoms with Gasteiger partial charge in [-0.25, -0.2) is 14.8 Å². The van der Waals surface area contributed by atoms with Crippen LogP contribution in [0.4, 0.5) is 16.4 Å². The van der Waals surface area contributed by atoms with E-state index in [9.17, 15) is 9.90 Å². The van der Waals surface area contributed by atoms with Crippen LogP contribution in [-0.4, -0.2) is 49.0 Å². The largest absolute Gasteiger partial charge is 0.497 e. The summed E-state index contributed by atoms with van der Waals surface area (Å²) >= 11 is 0. The summed E-state index contributed by atoms with van der Waals surface area (Å²) in [7, 11) is 4.79. The zero-order chi connectivity index (χ0) is 24.8. The Kier molecular flexibility index (Phi) is 7.15. The van der Waals surface area contributed by atoms with Crippen molar-refractivity contribution in [3.8, 4) is 28.5 Å². The maximum Gasteiger partial charge on any atom is 0.409 e. The van der Waals surface area contributed by atoms with Crippen molar-refractivity contribution in [2.24, 2.45) is 0 Å². The van der Waals surface area contributed by atoms with E-state index in [1.807, 2.05) is 36.4 Å². The van der Waals surface area contributed by atoms with Crippen LogP contribution in [0.1, 0.15) is 5.56 Å². The lowest BCUT2D eigenvalue weighted by Gasteiger charge is -2.12. The van der Waals surface area contributed by atoms with E-state index in [-0.39, 0.29) is 0 Å². The van der Waals surface area contributed by atoms with Gasteiger partial charge in [-0.3, -0.25) is 5.32 Å². The van der Waals surface area contributed by atoms with E-state index in [4.69, 9.17) is 14.2 Å². The lowest BCUT2D eigenvalue weighted by Crippen LogP contribution is -2.09. The molecule has 1 amide bonds. The molecule has 35 heavy (non-hydrogen) atoms. The third kappa shape index (κ3) is 5.52. The number of amides is 1. The standard InChI is InChI=1S/C26H26N4O5/c1-33-19-6-5-17-13-18(14-22(20(17)15-19)30-26(31)32)21-9-11-28-25(29-21)27-10-8-16-4-7-23(34-2)24(12-16)35-3/h4-7,9,11-15,30H,8,10H2,1-3H3,(H,31,32)(H,27,28,29). The van der Waals surface area contributed by atoms with Crippen LogP contribution in [0.2, 0.25) is 0 Å². The second-order valence-electron chi connectivity index (χ2n) is 7.67. The Morgan fingerprint density at radius 3 is 2.51 bits per heavy atom. The van der Waals surface area contributed by atoms with E-state index < -0.39 is 6.09 Å².